The highest BCUT2D eigenvalue weighted by Crippen LogP contribution is 2.33. The lowest BCUT2D eigenvalue weighted by molar-refractivity contribution is -0.139. The highest BCUT2D eigenvalue weighted by molar-refractivity contribution is 8.00. The Morgan fingerprint density at radius 1 is 1.38 bits per heavy atom. The van der Waals surface area contributed by atoms with Crippen molar-refractivity contribution in [3.63, 3.8) is 0 Å². The van der Waals surface area contributed by atoms with Crippen molar-refractivity contribution in [2.24, 2.45) is 4.99 Å². The van der Waals surface area contributed by atoms with E-state index in [1.165, 1.54) is 12.1 Å². The first-order valence-corrected chi connectivity index (χ1v) is 10.3. The molecule has 0 amide bonds. The Balaban J connectivity index is 1.95. The van der Waals surface area contributed by atoms with E-state index >= 15 is 0 Å². The number of rotatable bonds is 5. The third-order valence-corrected chi connectivity index (χ3v) is 6.08. The summed E-state index contributed by atoms with van der Waals surface area (Å²) in [6.45, 7) is 3.35. The fourth-order valence-corrected chi connectivity index (χ4v) is 4.53. The molecule has 3 rings (SSSR count). The van der Waals surface area contributed by atoms with E-state index in [9.17, 15) is 14.0 Å². The first-order valence-electron chi connectivity index (χ1n) is 8.12. The third kappa shape index (κ3) is 4.21. The molecule has 6 nitrogen and oxygen atoms in total. The molecule has 26 heavy (non-hydrogen) atoms. The van der Waals surface area contributed by atoms with Crippen LogP contribution in [0.1, 0.15) is 19.8 Å². The van der Waals surface area contributed by atoms with Gasteiger partial charge in [-0.05, 0) is 43.2 Å². The fourth-order valence-electron chi connectivity index (χ4n) is 2.57. The minimum absolute atomic E-state index is 0.0718. The SMILES string of the molecule is CCOC(=O)CSc1cc(N=c2sc(=O)n3n2CCCC3)c(F)cc1Cl. The smallest absolute Gasteiger partial charge is 0.325 e. The van der Waals surface area contributed by atoms with Crippen LogP contribution in [0.4, 0.5) is 10.1 Å². The van der Waals surface area contributed by atoms with E-state index in [1.54, 1.807) is 16.3 Å². The Kier molecular flexibility index (Phi) is 6.20. The number of esters is 1. The van der Waals surface area contributed by atoms with Crippen LogP contribution < -0.4 is 9.67 Å². The molecule has 0 N–H and O–H groups in total. The molecule has 2 heterocycles. The zero-order valence-electron chi connectivity index (χ0n) is 14.0. The van der Waals surface area contributed by atoms with Crippen LogP contribution >= 0.6 is 34.7 Å². The lowest BCUT2D eigenvalue weighted by Gasteiger charge is -2.15. The van der Waals surface area contributed by atoms with Crippen LogP contribution in [-0.2, 0) is 22.6 Å². The van der Waals surface area contributed by atoms with E-state index in [0.717, 1.165) is 35.9 Å². The van der Waals surface area contributed by atoms with Gasteiger partial charge in [-0.1, -0.05) is 11.6 Å². The van der Waals surface area contributed by atoms with Crippen molar-refractivity contribution in [3.8, 4) is 0 Å². The number of fused-ring (bicyclic) bond motifs is 1. The van der Waals surface area contributed by atoms with Crippen molar-refractivity contribution in [2.75, 3.05) is 12.4 Å². The predicted molar refractivity (Wildman–Crippen MR) is 99.8 cm³/mol. The molecular weight excluding hydrogens is 401 g/mol. The zero-order chi connectivity index (χ0) is 18.7. The van der Waals surface area contributed by atoms with Gasteiger partial charge in [-0.25, -0.2) is 14.1 Å². The van der Waals surface area contributed by atoms with Gasteiger partial charge in [-0.15, -0.1) is 11.8 Å². The Bertz CT molecular complexity index is 951. The first-order chi connectivity index (χ1) is 12.5. The molecule has 1 aliphatic heterocycles. The van der Waals surface area contributed by atoms with Crippen molar-refractivity contribution in [1.29, 1.82) is 0 Å². The van der Waals surface area contributed by atoms with Gasteiger partial charge in [0.05, 0.1) is 17.4 Å². The van der Waals surface area contributed by atoms with Gasteiger partial charge in [-0.3, -0.25) is 14.3 Å². The summed E-state index contributed by atoms with van der Waals surface area (Å²) in [5.41, 5.74) is 0.0866. The molecule has 10 heteroatoms. The maximum Gasteiger partial charge on any atom is 0.325 e. The van der Waals surface area contributed by atoms with Crippen LogP contribution in [0.15, 0.2) is 26.8 Å². The quantitative estimate of drug-likeness (QED) is 0.553. The van der Waals surface area contributed by atoms with E-state index in [1.807, 2.05) is 0 Å². The normalized spacial score (nSPS) is 14.3. The number of benzene rings is 1. The third-order valence-electron chi connectivity index (χ3n) is 3.76. The largest absolute Gasteiger partial charge is 0.465 e. The van der Waals surface area contributed by atoms with Crippen LogP contribution in [0, 0.1) is 5.82 Å². The fraction of sp³-hybridized carbons (Fsp3) is 0.438. The first kappa shape index (κ1) is 19.2. The number of aromatic nitrogens is 2. The van der Waals surface area contributed by atoms with Gasteiger partial charge in [0.15, 0.2) is 0 Å². The average molecular weight is 418 g/mol. The summed E-state index contributed by atoms with van der Waals surface area (Å²) in [5, 5.41) is 0.204. The standard InChI is InChI=1S/C16H17ClFN3O3S2/c1-2-24-14(22)9-25-13-8-12(11(18)7-10(13)17)19-15-20-5-3-4-6-21(20)16(23)26-15/h7-8H,2-6,9H2,1H3. The predicted octanol–water partition coefficient (Wildman–Crippen LogP) is 3.19. The molecule has 0 atom stereocenters. The number of carbonyl (C=O) groups excluding carboxylic acids is 1. The van der Waals surface area contributed by atoms with Gasteiger partial charge < -0.3 is 4.74 Å². The summed E-state index contributed by atoms with van der Waals surface area (Å²) in [6, 6.07) is 2.66. The van der Waals surface area contributed by atoms with Crippen molar-refractivity contribution in [3.05, 3.63) is 37.4 Å². The summed E-state index contributed by atoms with van der Waals surface area (Å²) in [6.07, 6.45) is 1.90. The maximum atomic E-state index is 14.3. The molecule has 0 saturated heterocycles. The number of ether oxygens (including phenoxy) is 1. The maximum absolute atomic E-state index is 14.3. The Morgan fingerprint density at radius 2 is 2.12 bits per heavy atom. The molecule has 140 valence electrons. The van der Waals surface area contributed by atoms with E-state index in [-0.39, 0.29) is 27.3 Å². The Hall–Kier alpha value is -1.58. The van der Waals surface area contributed by atoms with Gasteiger partial charge >= 0.3 is 10.8 Å². The Morgan fingerprint density at radius 3 is 2.85 bits per heavy atom. The number of hydrogen-bond donors (Lipinski definition) is 0. The second-order valence-electron chi connectivity index (χ2n) is 5.54. The van der Waals surface area contributed by atoms with Crippen molar-refractivity contribution in [1.82, 2.24) is 9.36 Å². The van der Waals surface area contributed by atoms with Crippen molar-refractivity contribution < 1.29 is 13.9 Å². The molecule has 0 fully saturated rings. The lowest BCUT2D eigenvalue weighted by Crippen LogP contribution is -2.31. The minimum Gasteiger partial charge on any atom is -0.465 e. The molecule has 0 radical (unpaired) electrons. The minimum atomic E-state index is -0.577. The zero-order valence-corrected chi connectivity index (χ0v) is 16.4. The van der Waals surface area contributed by atoms with Gasteiger partial charge in [-0.2, -0.15) is 0 Å². The number of carbonyl (C=O) groups is 1. The summed E-state index contributed by atoms with van der Waals surface area (Å²) in [7, 11) is 0. The lowest BCUT2D eigenvalue weighted by atomic mass is 10.3. The molecule has 0 unspecified atom stereocenters. The molecule has 1 aromatic carbocycles. The van der Waals surface area contributed by atoms with Gasteiger partial charge in [0, 0.05) is 18.0 Å². The molecule has 2 aromatic rings. The van der Waals surface area contributed by atoms with Crippen molar-refractivity contribution in [2.45, 2.75) is 37.8 Å². The second-order valence-corrected chi connectivity index (χ2v) is 7.89. The van der Waals surface area contributed by atoms with E-state index in [2.05, 4.69) is 4.99 Å². The molecule has 0 bridgehead atoms. The average Bonchev–Trinajstić information content (AvgIpc) is 2.93. The molecule has 1 aliphatic rings. The Labute approximate surface area is 162 Å². The van der Waals surface area contributed by atoms with Crippen LogP contribution in [0.2, 0.25) is 5.02 Å². The highest BCUT2D eigenvalue weighted by atomic mass is 35.5. The van der Waals surface area contributed by atoms with Crippen LogP contribution in [0.25, 0.3) is 0 Å². The van der Waals surface area contributed by atoms with Crippen LogP contribution in [-0.4, -0.2) is 27.7 Å². The molecule has 0 aliphatic carbocycles. The van der Waals surface area contributed by atoms with E-state index in [0.29, 0.717) is 29.4 Å². The number of hydrogen-bond acceptors (Lipinski definition) is 6. The molecule has 1 aromatic heterocycles. The van der Waals surface area contributed by atoms with Gasteiger partial charge in [0.2, 0.25) is 4.80 Å². The van der Waals surface area contributed by atoms with Gasteiger partial charge in [0.25, 0.3) is 0 Å². The molecule has 0 spiro atoms. The van der Waals surface area contributed by atoms with E-state index < -0.39 is 5.82 Å². The van der Waals surface area contributed by atoms with Gasteiger partial charge in [0.1, 0.15) is 11.5 Å². The summed E-state index contributed by atoms with van der Waals surface area (Å²) >= 11 is 8.22. The molecular formula is C16H17ClFN3O3S2. The topological polar surface area (TPSA) is 65.6 Å². The summed E-state index contributed by atoms with van der Waals surface area (Å²) in [4.78, 5) is 28.8. The monoisotopic (exact) mass is 417 g/mol. The summed E-state index contributed by atoms with van der Waals surface area (Å²) < 4.78 is 22.6. The van der Waals surface area contributed by atoms with Crippen molar-refractivity contribution >= 4 is 46.4 Å². The van der Waals surface area contributed by atoms with E-state index in [4.69, 9.17) is 16.3 Å². The van der Waals surface area contributed by atoms with Crippen LogP contribution in [0.5, 0.6) is 0 Å². The summed E-state index contributed by atoms with van der Waals surface area (Å²) in [5.74, 6) is -0.874. The highest BCUT2D eigenvalue weighted by Gasteiger charge is 2.15. The van der Waals surface area contributed by atoms with Crippen LogP contribution in [0.3, 0.4) is 0 Å². The number of thioether (sulfide) groups is 1. The number of halogens is 2. The second kappa shape index (κ2) is 8.41. The number of nitrogens with zero attached hydrogens (tertiary/aromatic N) is 3. The molecule has 0 saturated carbocycles.